The molecule has 1 saturated heterocycles. The van der Waals surface area contributed by atoms with Gasteiger partial charge in [-0.1, -0.05) is 0 Å². The summed E-state index contributed by atoms with van der Waals surface area (Å²) in [4.78, 5) is 24.0. The molecule has 108 valence electrons. The maximum atomic E-state index is 11.2. The Morgan fingerprint density at radius 2 is 2.30 bits per heavy atom. The minimum atomic E-state index is -0.594. The standard InChI is InChI=1S/C13H18N4O3/c1-16-6-2-3-10(8-16)15-11-7-9(13(14)18)4-5-12(11)17(19)20/h4-5,7,10,15H,2-3,6,8H2,1H3,(H2,14,18). The largest absolute Gasteiger partial charge is 0.375 e. The number of nitrogens with one attached hydrogen (secondary N) is 1. The van der Waals surface area contributed by atoms with Crippen molar-refractivity contribution >= 4 is 17.3 Å². The van der Waals surface area contributed by atoms with Crippen molar-refractivity contribution in [2.45, 2.75) is 18.9 Å². The van der Waals surface area contributed by atoms with E-state index in [4.69, 9.17) is 5.73 Å². The van der Waals surface area contributed by atoms with Gasteiger partial charge in [0.05, 0.1) is 4.92 Å². The highest BCUT2D eigenvalue weighted by atomic mass is 16.6. The number of nitrogens with two attached hydrogens (primary N) is 1. The normalized spacial score (nSPS) is 19.6. The summed E-state index contributed by atoms with van der Waals surface area (Å²) in [6, 6.07) is 4.28. The maximum absolute atomic E-state index is 11.2. The molecule has 1 aromatic rings. The SMILES string of the molecule is CN1CCCC(Nc2cc(C(N)=O)ccc2[N+](=O)[O-])C1. The molecule has 1 heterocycles. The fraction of sp³-hybridized carbons (Fsp3) is 0.462. The van der Waals surface area contributed by atoms with E-state index in [0.717, 1.165) is 25.9 Å². The number of rotatable bonds is 4. The second-order valence-corrected chi connectivity index (χ2v) is 5.10. The van der Waals surface area contributed by atoms with E-state index < -0.39 is 10.8 Å². The smallest absolute Gasteiger partial charge is 0.292 e. The fourth-order valence-electron chi connectivity index (χ4n) is 2.47. The van der Waals surface area contributed by atoms with Crippen LogP contribution in [0.5, 0.6) is 0 Å². The summed E-state index contributed by atoms with van der Waals surface area (Å²) in [5.41, 5.74) is 5.80. The van der Waals surface area contributed by atoms with Gasteiger partial charge in [0.15, 0.2) is 0 Å². The van der Waals surface area contributed by atoms with Gasteiger partial charge < -0.3 is 16.0 Å². The molecule has 0 aromatic heterocycles. The van der Waals surface area contributed by atoms with Gasteiger partial charge in [0, 0.05) is 24.2 Å². The summed E-state index contributed by atoms with van der Waals surface area (Å²) in [6.45, 7) is 1.85. The molecule has 7 heteroatoms. The van der Waals surface area contributed by atoms with Gasteiger partial charge in [-0.05, 0) is 38.6 Å². The van der Waals surface area contributed by atoms with E-state index in [1.165, 1.54) is 18.2 Å². The third kappa shape index (κ3) is 3.24. The Labute approximate surface area is 116 Å². The molecule has 1 unspecified atom stereocenters. The number of amides is 1. The summed E-state index contributed by atoms with van der Waals surface area (Å²) in [6.07, 6.45) is 1.99. The van der Waals surface area contributed by atoms with Crippen molar-refractivity contribution in [3.8, 4) is 0 Å². The molecule has 1 aliphatic rings. The van der Waals surface area contributed by atoms with Crippen molar-refractivity contribution in [3.63, 3.8) is 0 Å². The number of likely N-dealkylation sites (tertiary alicyclic amines) is 1. The van der Waals surface area contributed by atoms with Gasteiger partial charge in [0.25, 0.3) is 5.69 Å². The molecule has 0 radical (unpaired) electrons. The Hall–Kier alpha value is -2.15. The van der Waals surface area contributed by atoms with Crippen LogP contribution in [-0.4, -0.2) is 41.9 Å². The van der Waals surface area contributed by atoms with Crippen LogP contribution in [0.25, 0.3) is 0 Å². The molecular weight excluding hydrogens is 260 g/mol. The number of primary amides is 1. The van der Waals surface area contributed by atoms with E-state index >= 15 is 0 Å². The van der Waals surface area contributed by atoms with Crippen LogP contribution in [0.3, 0.4) is 0 Å². The van der Waals surface area contributed by atoms with Gasteiger partial charge in [-0.15, -0.1) is 0 Å². The quantitative estimate of drug-likeness (QED) is 0.636. The number of nitro groups is 1. The molecule has 2 rings (SSSR count). The van der Waals surface area contributed by atoms with Crippen LogP contribution in [0.4, 0.5) is 11.4 Å². The molecule has 1 aliphatic heterocycles. The third-order valence-corrected chi connectivity index (χ3v) is 3.46. The second-order valence-electron chi connectivity index (χ2n) is 5.10. The first-order valence-corrected chi connectivity index (χ1v) is 6.50. The average Bonchev–Trinajstić information content (AvgIpc) is 2.38. The van der Waals surface area contributed by atoms with Gasteiger partial charge in [0.1, 0.15) is 5.69 Å². The topological polar surface area (TPSA) is 102 Å². The number of hydrogen-bond donors (Lipinski definition) is 2. The molecule has 1 amide bonds. The zero-order valence-corrected chi connectivity index (χ0v) is 11.3. The lowest BCUT2D eigenvalue weighted by Gasteiger charge is -2.30. The number of nitrogens with zero attached hydrogens (tertiary/aromatic N) is 2. The second kappa shape index (κ2) is 5.87. The van der Waals surface area contributed by atoms with Crippen molar-refractivity contribution in [2.24, 2.45) is 5.73 Å². The maximum Gasteiger partial charge on any atom is 0.292 e. The fourth-order valence-corrected chi connectivity index (χ4v) is 2.47. The van der Waals surface area contributed by atoms with Crippen LogP contribution in [0.1, 0.15) is 23.2 Å². The number of carbonyl (C=O) groups is 1. The molecule has 0 saturated carbocycles. The van der Waals surface area contributed by atoms with Crippen LogP contribution in [0.2, 0.25) is 0 Å². The van der Waals surface area contributed by atoms with Gasteiger partial charge in [-0.25, -0.2) is 0 Å². The molecule has 3 N–H and O–H groups in total. The van der Waals surface area contributed by atoms with Crippen molar-refractivity contribution in [3.05, 3.63) is 33.9 Å². The Bertz CT molecular complexity index is 532. The molecule has 20 heavy (non-hydrogen) atoms. The first-order valence-electron chi connectivity index (χ1n) is 6.50. The number of benzene rings is 1. The van der Waals surface area contributed by atoms with Gasteiger partial charge in [-0.3, -0.25) is 14.9 Å². The van der Waals surface area contributed by atoms with Crippen LogP contribution < -0.4 is 11.1 Å². The highest BCUT2D eigenvalue weighted by molar-refractivity contribution is 5.94. The number of nitro benzene ring substituents is 1. The van der Waals surface area contributed by atoms with Crippen molar-refractivity contribution in [1.29, 1.82) is 0 Å². The van der Waals surface area contributed by atoms with E-state index in [2.05, 4.69) is 10.2 Å². The zero-order valence-electron chi connectivity index (χ0n) is 11.3. The first kappa shape index (κ1) is 14.3. The Kier molecular flexibility index (Phi) is 4.19. The number of anilines is 1. The zero-order chi connectivity index (χ0) is 14.7. The minimum absolute atomic E-state index is 0.0387. The number of piperidine rings is 1. The highest BCUT2D eigenvalue weighted by Gasteiger charge is 2.22. The molecule has 0 bridgehead atoms. The third-order valence-electron chi connectivity index (χ3n) is 3.46. The first-order chi connectivity index (χ1) is 9.47. The van der Waals surface area contributed by atoms with E-state index in [0.29, 0.717) is 5.69 Å². The number of carbonyl (C=O) groups excluding carboxylic acids is 1. The summed E-state index contributed by atoms with van der Waals surface area (Å²) in [5.74, 6) is -0.594. The molecule has 0 spiro atoms. The Balaban J connectivity index is 2.25. The predicted molar refractivity (Wildman–Crippen MR) is 75.8 cm³/mol. The molecule has 1 atom stereocenters. The summed E-state index contributed by atoms with van der Waals surface area (Å²) >= 11 is 0. The van der Waals surface area contributed by atoms with Crippen molar-refractivity contribution in [1.82, 2.24) is 4.90 Å². The van der Waals surface area contributed by atoms with E-state index in [1.807, 2.05) is 7.05 Å². The van der Waals surface area contributed by atoms with Crippen LogP contribution in [0.15, 0.2) is 18.2 Å². The number of hydrogen-bond acceptors (Lipinski definition) is 5. The Morgan fingerprint density at radius 1 is 1.55 bits per heavy atom. The molecule has 1 fully saturated rings. The molecule has 0 aliphatic carbocycles. The predicted octanol–water partition coefficient (Wildman–Crippen LogP) is 1.20. The summed E-state index contributed by atoms with van der Waals surface area (Å²) < 4.78 is 0. The van der Waals surface area contributed by atoms with E-state index in [1.54, 1.807) is 0 Å². The monoisotopic (exact) mass is 278 g/mol. The van der Waals surface area contributed by atoms with Gasteiger partial charge in [-0.2, -0.15) is 0 Å². The van der Waals surface area contributed by atoms with Gasteiger partial charge in [0.2, 0.25) is 5.91 Å². The number of likely N-dealkylation sites (N-methyl/N-ethyl adjacent to an activating group) is 1. The Morgan fingerprint density at radius 3 is 2.90 bits per heavy atom. The van der Waals surface area contributed by atoms with E-state index in [9.17, 15) is 14.9 Å². The minimum Gasteiger partial charge on any atom is -0.375 e. The molecular formula is C13H18N4O3. The average molecular weight is 278 g/mol. The molecule has 7 nitrogen and oxygen atoms in total. The molecule has 1 aromatic carbocycles. The van der Waals surface area contributed by atoms with Crippen molar-refractivity contribution < 1.29 is 9.72 Å². The lowest BCUT2D eigenvalue weighted by atomic mass is 10.1. The summed E-state index contributed by atoms with van der Waals surface area (Å²) in [7, 11) is 2.02. The van der Waals surface area contributed by atoms with E-state index in [-0.39, 0.29) is 17.3 Å². The summed E-state index contributed by atoms with van der Waals surface area (Å²) in [5, 5.41) is 14.2. The van der Waals surface area contributed by atoms with Gasteiger partial charge >= 0.3 is 0 Å². The lowest BCUT2D eigenvalue weighted by Crippen LogP contribution is -2.39. The van der Waals surface area contributed by atoms with Crippen molar-refractivity contribution in [2.75, 3.05) is 25.5 Å². The highest BCUT2D eigenvalue weighted by Crippen LogP contribution is 2.27. The van der Waals surface area contributed by atoms with Crippen LogP contribution >= 0.6 is 0 Å². The van der Waals surface area contributed by atoms with Crippen LogP contribution in [0, 0.1) is 10.1 Å². The lowest BCUT2D eigenvalue weighted by molar-refractivity contribution is -0.384. The van der Waals surface area contributed by atoms with Crippen LogP contribution in [-0.2, 0) is 0 Å².